The fraction of sp³-hybridized carbons (Fsp3) is 0.688. The van der Waals surface area contributed by atoms with E-state index in [9.17, 15) is 4.79 Å². The summed E-state index contributed by atoms with van der Waals surface area (Å²) in [5.74, 6) is 0.113. The molecule has 1 aromatic rings. The zero-order chi connectivity index (χ0) is 15.6. The van der Waals surface area contributed by atoms with Crippen LogP contribution in [-0.4, -0.2) is 53.0 Å². The van der Waals surface area contributed by atoms with E-state index in [0.717, 1.165) is 32.5 Å². The molecule has 1 aliphatic heterocycles. The first-order valence-electron chi connectivity index (χ1n) is 7.90. The normalized spacial score (nSPS) is 20.8. The first kappa shape index (κ1) is 15.9. The maximum atomic E-state index is 13.0. The molecule has 0 spiro atoms. The van der Waals surface area contributed by atoms with Crippen molar-refractivity contribution in [1.82, 2.24) is 14.4 Å². The van der Waals surface area contributed by atoms with Gasteiger partial charge in [0.05, 0.1) is 5.69 Å². The van der Waals surface area contributed by atoms with Crippen LogP contribution in [-0.2, 0) is 0 Å². The molecule has 118 valence electrons. The highest BCUT2D eigenvalue weighted by Crippen LogP contribution is 2.21. The molecule has 1 fully saturated rings. The van der Waals surface area contributed by atoms with Crippen molar-refractivity contribution in [3.63, 3.8) is 0 Å². The van der Waals surface area contributed by atoms with Crippen LogP contribution in [0.3, 0.4) is 0 Å². The van der Waals surface area contributed by atoms with Gasteiger partial charge in [0.25, 0.3) is 5.91 Å². The van der Waals surface area contributed by atoms with Crippen LogP contribution >= 0.6 is 0 Å². The van der Waals surface area contributed by atoms with E-state index < -0.39 is 0 Å². The number of likely N-dealkylation sites (N-methyl/N-ethyl adjacent to an activating group) is 1. The summed E-state index contributed by atoms with van der Waals surface area (Å²) in [5.41, 5.74) is 7.28. The lowest BCUT2D eigenvalue weighted by Crippen LogP contribution is -2.44. The Morgan fingerprint density at radius 1 is 1.43 bits per heavy atom. The Balaban J connectivity index is 2.29. The van der Waals surface area contributed by atoms with Gasteiger partial charge in [-0.25, -0.2) is 0 Å². The molecule has 0 radical (unpaired) electrons. The minimum atomic E-state index is 0.113. The van der Waals surface area contributed by atoms with E-state index in [4.69, 9.17) is 5.73 Å². The van der Waals surface area contributed by atoms with Crippen molar-refractivity contribution in [1.29, 1.82) is 0 Å². The summed E-state index contributed by atoms with van der Waals surface area (Å²) in [7, 11) is 2.13. The van der Waals surface area contributed by atoms with E-state index in [1.807, 2.05) is 21.7 Å². The monoisotopic (exact) mass is 292 g/mol. The van der Waals surface area contributed by atoms with Gasteiger partial charge in [-0.2, -0.15) is 0 Å². The molecule has 1 saturated heterocycles. The third-order valence-corrected chi connectivity index (χ3v) is 4.28. The summed E-state index contributed by atoms with van der Waals surface area (Å²) >= 11 is 0. The first-order valence-corrected chi connectivity index (χ1v) is 7.90. The van der Waals surface area contributed by atoms with Crippen molar-refractivity contribution in [2.45, 2.75) is 45.7 Å². The lowest BCUT2D eigenvalue weighted by Gasteiger charge is -2.30. The minimum Gasteiger partial charge on any atom is -0.397 e. The van der Waals surface area contributed by atoms with Crippen molar-refractivity contribution in [3.05, 3.63) is 18.0 Å². The SMILES string of the molecule is CCC1CN(C)CCCN1C(=O)c1cc(N)cn1C(C)C. The lowest BCUT2D eigenvalue weighted by atomic mass is 10.1. The highest BCUT2D eigenvalue weighted by atomic mass is 16.2. The number of carbonyl (C=O) groups is 1. The molecular weight excluding hydrogens is 264 g/mol. The Kier molecular flexibility index (Phi) is 4.93. The molecule has 1 aliphatic rings. The van der Waals surface area contributed by atoms with Crippen molar-refractivity contribution in [2.24, 2.45) is 0 Å². The van der Waals surface area contributed by atoms with Crippen LogP contribution in [0, 0.1) is 0 Å². The van der Waals surface area contributed by atoms with Crippen LogP contribution in [0.4, 0.5) is 5.69 Å². The zero-order valence-corrected chi connectivity index (χ0v) is 13.7. The highest BCUT2D eigenvalue weighted by molar-refractivity contribution is 5.94. The number of hydrogen-bond donors (Lipinski definition) is 1. The van der Waals surface area contributed by atoms with Gasteiger partial charge in [0, 0.05) is 31.4 Å². The van der Waals surface area contributed by atoms with Gasteiger partial charge < -0.3 is 20.1 Å². The number of amides is 1. The van der Waals surface area contributed by atoms with Gasteiger partial charge in [-0.15, -0.1) is 0 Å². The molecule has 2 heterocycles. The second-order valence-electron chi connectivity index (χ2n) is 6.34. The number of nitrogens with zero attached hydrogens (tertiary/aromatic N) is 3. The summed E-state index contributed by atoms with van der Waals surface area (Å²) < 4.78 is 1.99. The van der Waals surface area contributed by atoms with Gasteiger partial charge >= 0.3 is 0 Å². The predicted octanol–water partition coefficient (Wildman–Crippen LogP) is 2.21. The molecule has 2 rings (SSSR count). The Labute approximate surface area is 127 Å². The smallest absolute Gasteiger partial charge is 0.270 e. The van der Waals surface area contributed by atoms with E-state index in [1.165, 1.54) is 0 Å². The van der Waals surface area contributed by atoms with Crippen LogP contribution in [0.1, 0.15) is 50.1 Å². The van der Waals surface area contributed by atoms with Crippen LogP contribution in [0.5, 0.6) is 0 Å². The molecule has 0 bridgehead atoms. The molecular formula is C16H28N4O. The van der Waals surface area contributed by atoms with Crippen LogP contribution in [0.15, 0.2) is 12.3 Å². The van der Waals surface area contributed by atoms with Gasteiger partial charge in [-0.1, -0.05) is 6.92 Å². The third-order valence-electron chi connectivity index (χ3n) is 4.28. The summed E-state index contributed by atoms with van der Waals surface area (Å²) in [5, 5.41) is 0. The average molecular weight is 292 g/mol. The number of anilines is 1. The number of aromatic nitrogens is 1. The maximum Gasteiger partial charge on any atom is 0.270 e. The summed E-state index contributed by atoms with van der Waals surface area (Å²) in [6.07, 6.45) is 3.87. The number of hydrogen-bond acceptors (Lipinski definition) is 3. The molecule has 1 atom stereocenters. The van der Waals surface area contributed by atoms with Crippen LogP contribution in [0.25, 0.3) is 0 Å². The first-order chi connectivity index (χ1) is 9.93. The Bertz CT molecular complexity index is 494. The van der Waals surface area contributed by atoms with Gasteiger partial charge in [0.15, 0.2) is 0 Å². The molecule has 5 heteroatoms. The van der Waals surface area contributed by atoms with Crippen LogP contribution in [0.2, 0.25) is 0 Å². The Morgan fingerprint density at radius 3 is 2.76 bits per heavy atom. The zero-order valence-electron chi connectivity index (χ0n) is 13.7. The Hall–Kier alpha value is -1.49. The molecule has 0 aliphatic carbocycles. The third kappa shape index (κ3) is 3.40. The standard InChI is InChI=1S/C16H28N4O/c1-5-14-11-18(4)7-6-8-19(14)16(21)15-9-13(17)10-20(15)12(2)3/h9-10,12,14H,5-8,11,17H2,1-4H3. The number of nitrogens with two attached hydrogens (primary N) is 1. The predicted molar refractivity (Wildman–Crippen MR) is 86.5 cm³/mol. The summed E-state index contributed by atoms with van der Waals surface area (Å²) in [4.78, 5) is 17.4. The summed E-state index contributed by atoms with van der Waals surface area (Å²) in [6, 6.07) is 2.32. The van der Waals surface area contributed by atoms with Crippen LogP contribution < -0.4 is 5.73 Å². The molecule has 2 N–H and O–H groups in total. The largest absolute Gasteiger partial charge is 0.397 e. The summed E-state index contributed by atoms with van der Waals surface area (Å²) in [6.45, 7) is 9.12. The Morgan fingerprint density at radius 2 is 2.14 bits per heavy atom. The van der Waals surface area contributed by atoms with Crippen molar-refractivity contribution in [2.75, 3.05) is 32.4 Å². The van der Waals surface area contributed by atoms with E-state index >= 15 is 0 Å². The fourth-order valence-electron chi connectivity index (χ4n) is 3.11. The number of carbonyl (C=O) groups excluding carboxylic acids is 1. The van der Waals surface area contributed by atoms with Gasteiger partial charge in [-0.05, 0) is 46.3 Å². The molecule has 21 heavy (non-hydrogen) atoms. The molecule has 5 nitrogen and oxygen atoms in total. The molecule has 1 aromatic heterocycles. The molecule has 1 amide bonds. The maximum absolute atomic E-state index is 13.0. The lowest BCUT2D eigenvalue weighted by molar-refractivity contribution is 0.0663. The van der Waals surface area contributed by atoms with Crippen molar-refractivity contribution in [3.8, 4) is 0 Å². The van der Waals surface area contributed by atoms with E-state index in [1.54, 1.807) is 0 Å². The second-order valence-corrected chi connectivity index (χ2v) is 6.34. The molecule has 1 unspecified atom stereocenters. The molecule has 0 saturated carbocycles. The minimum absolute atomic E-state index is 0.113. The molecule has 0 aromatic carbocycles. The van der Waals surface area contributed by atoms with Gasteiger partial charge in [0.2, 0.25) is 0 Å². The average Bonchev–Trinajstić information content (AvgIpc) is 2.72. The van der Waals surface area contributed by atoms with Gasteiger partial charge in [-0.3, -0.25) is 4.79 Å². The highest BCUT2D eigenvalue weighted by Gasteiger charge is 2.29. The van der Waals surface area contributed by atoms with Gasteiger partial charge in [0.1, 0.15) is 5.69 Å². The fourth-order valence-corrected chi connectivity index (χ4v) is 3.11. The van der Waals surface area contributed by atoms with E-state index in [2.05, 4.69) is 32.7 Å². The number of nitrogen functional groups attached to an aromatic ring is 1. The topological polar surface area (TPSA) is 54.5 Å². The number of rotatable bonds is 3. The van der Waals surface area contributed by atoms with Crippen molar-refractivity contribution >= 4 is 11.6 Å². The second kappa shape index (κ2) is 6.52. The van der Waals surface area contributed by atoms with Crippen molar-refractivity contribution < 1.29 is 4.79 Å². The van der Waals surface area contributed by atoms with E-state index in [0.29, 0.717) is 11.4 Å². The quantitative estimate of drug-likeness (QED) is 0.929. The van der Waals surface area contributed by atoms with E-state index in [-0.39, 0.29) is 18.0 Å².